The van der Waals surface area contributed by atoms with Crippen LogP contribution in [0.25, 0.3) is 0 Å². The van der Waals surface area contributed by atoms with Gasteiger partial charge in [-0.15, -0.1) is 0 Å². The summed E-state index contributed by atoms with van der Waals surface area (Å²) in [6.45, 7) is 1.34. The highest BCUT2D eigenvalue weighted by Gasteiger charge is 2.56. The Morgan fingerprint density at radius 1 is 1.19 bits per heavy atom. The third kappa shape index (κ3) is 2.50. The lowest BCUT2D eigenvalue weighted by molar-refractivity contribution is -0.00626. The minimum Gasteiger partial charge on any atom is -0.497 e. The number of methoxy groups -OCH3 is 1. The van der Waals surface area contributed by atoms with Gasteiger partial charge in [0.05, 0.1) is 13.7 Å². The summed E-state index contributed by atoms with van der Waals surface area (Å²) in [4.78, 5) is 35.1. The molecule has 2 amide bonds. The summed E-state index contributed by atoms with van der Waals surface area (Å²) < 4.78 is 12.8. The maximum Gasteiger partial charge on any atom is 0.278 e. The zero-order chi connectivity index (χ0) is 21.2. The van der Waals surface area contributed by atoms with Crippen LogP contribution in [0.15, 0.2) is 53.4 Å². The van der Waals surface area contributed by atoms with Crippen molar-refractivity contribution < 1.29 is 18.7 Å². The van der Waals surface area contributed by atoms with Crippen LogP contribution in [0.5, 0.6) is 5.75 Å². The van der Waals surface area contributed by atoms with Gasteiger partial charge in [0.15, 0.2) is 17.8 Å². The number of ether oxygens (including phenoxy) is 1. The minimum atomic E-state index is -0.938. The summed E-state index contributed by atoms with van der Waals surface area (Å²) >= 11 is 0. The first kappa shape index (κ1) is 18.2. The number of aromatic nitrogens is 2. The summed E-state index contributed by atoms with van der Waals surface area (Å²) in [6, 6.07) is 11.3. The predicted octanol–water partition coefficient (Wildman–Crippen LogP) is 2.83. The zero-order valence-electron chi connectivity index (χ0n) is 17.2. The maximum absolute atomic E-state index is 13.8. The number of carbonyl (C=O) groups excluding carboxylic acids is 2. The van der Waals surface area contributed by atoms with E-state index in [1.54, 1.807) is 12.0 Å². The second kappa shape index (κ2) is 6.47. The number of benzene rings is 1. The van der Waals surface area contributed by atoms with E-state index in [0.29, 0.717) is 36.8 Å². The van der Waals surface area contributed by atoms with E-state index in [1.807, 2.05) is 52.1 Å². The first-order chi connectivity index (χ1) is 15.1. The number of hydrogen-bond acceptors (Lipinski definition) is 5. The summed E-state index contributed by atoms with van der Waals surface area (Å²) in [7, 11) is 1.62. The average Bonchev–Trinajstić information content (AvgIpc) is 3.19. The van der Waals surface area contributed by atoms with Crippen molar-refractivity contribution in [3.8, 4) is 5.75 Å². The van der Waals surface area contributed by atoms with E-state index in [2.05, 4.69) is 4.98 Å². The molecule has 2 aliphatic heterocycles. The molecule has 1 aromatic carbocycles. The van der Waals surface area contributed by atoms with Gasteiger partial charge in [-0.05, 0) is 37.1 Å². The molecule has 2 aromatic heterocycles. The van der Waals surface area contributed by atoms with Crippen molar-refractivity contribution in [3.63, 3.8) is 0 Å². The third-order valence-corrected chi connectivity index (χ3v) is 6.67. The molecule has 3 aliphatic rings. The summed E-state index contributed by atoms with van der Waals surface area (Å²) in [6.07, 6.45) is 5.26. The molecule has 6 rings (SSSR count). The highest BCUT2D eigenvalue weighted by Crippen LogP contribution is 2.46. The number of oxazole rings is 1. The van der Waals surface area contributed by atoms with Crippen LogP contribution < -0.4 is 4.74 Å². The molecule has 8 nitrogen and oxygen atoms in total. The number of nitrogens with zero attached hydrogens (tertiary/aromatic N) is 4. The molecule has 1 atom stereocenters. The Bertz CT molecular complexity index is 1180. The third-order valence-electron chi connectivity index (χ3n) is 6.67. The van der Waals surface area contributed by atoms with Gasteiger partial charge < -0.3 is 23.5 Å². The second-order valence-electron chi connectivity index (χ2n) is 8.32. The number of rotatable bonds is 4. The molecule has 0 bridgehead atoms. The molecule has 2 fully saturated rings. The molecule has 3 aromatic rings. The molecular formula is C23H22N4O4. The van der Waals surface area contributed by atoms with Crippen molar-refractivity contribution in [1.82, 2.24) is 19.4 Å². The van der Waals surface area contributed by atoms with Crippen molar-refractivity contribution in [2.24, 2.45) is 0 Å². The average molecular weight is 418 g/mol. The lowest BCUT2D eigenvalue weighted by Crippen LogP contribution is -2.60. The molecule has 1 saturated carbocycles. The van der Waals surface area contributed by atoms with Crippen molar-refractivity contribution in [1.29, 1.82) is 0 Å². The SMILES string of the molecule is COc1ccc(C23Cn4cccc4C(=O)N2CCN3C(=O)c2ncoc2C2CC2)cc1. The van der Waals surface area contributed by atoms with E-state index in [9.17, 15) is 9.59 Å². The smallest absolute Gasteiger partial charge is 0.278 e. The van der Waals surface area contributed by atoms with Crippen LogP contribution in [0.1, 0.15) is 51.1 Å². The number of fused-ring (bicyclic) bond motifs is 2. The van der Waals surface area contributed by atoms with Gasteiger partial charge in [0, 0.05) is 30.8 Å². The van der Waals surface area contributed by atoms with Crippen molar-refractivity contribution in [2.75, 3.05) is 20.2 Å². The van der Waals surface area contributed by atoms with E-state index < -0.39 is 5.66 Å². The van der Waals surface area contributed by atoms with Gasteiger partial charge in [-0.2, -0.15) is 0 Å². The Balaban J connectivity index is 1.50. The van der Waals surface area contributed by atoms with Crippen LogP contribution in [0, 0.1) is 0 Å². The second-order valence-corrected chi connectivity index (χ2v) is 8.32. The Labute approximate surface area is 179 Å². The summed E-state index contributed by atoms with van der Waals surface area (Å²) in [5.74, 6) is 1.37. The van der Waals surface area contributed by atoms with E-state index in [-0.39, 0.29) is 17.7 Å². The fraction of sp³-hybridized carbons (Fsp3) is 0.348. The van der Waals surface area contributed by atoms with Crippen LogP contribution in [0.3, 0.4) is 0 Å². The van der Waals surface area contributed by atoms with Crippen LogP contribution in [0.4, 0.5) is 0 Å². The van der Waals surface area contributed by atoms with Crippen LogP contribution in [-0.2, 0) is 12.2 Å². The number of carbonyl (C=O) groups is 2. The monoisotopic (exact) mass is 418 g/mol. The van der Waals surface area contributed by atoms with Gasteiger partial charge in [-0.1, -0.05) is 12.1 Å². The Morgan fingerprint density at radius 2 is 2.00 bits per heavy atom. The van der Waals surface area contributed by atoms with Crippen LogP contribution in [0.2, 0.25) is 0 Å². The minimum absolute atomic E-state index is 0.0788. The molecule has 1 aliphatic carbocycles. The van der Waals surface area contributed by atoms with E-state index in [0.717, 1.165) is 24.2 Å². The van der Waals surface area contributed by atoms with Gasteiger partial charge >= 0.3 is 0 Å². The molecule has 158 valence electrons. The molecule has 0 spiro atoms. The van der Waals surface area contributed by atoms with Gasteiger partial charge in [0.25, 0.3) is 11.8 Å². The Morgan fingerprint density at radius 3 is 2.74 bits per heavy atom. The molecule has 4 heterocycles. The first-order valence-corrected chi connectivity index (χ1v) is 10.5. The Hall–Kier alpha value is -3.55. The van der Waals surface area contributed by atoms with E-state index in [1.165, 1.54) is 6.39 Å². The first-order valence-electron chi connectivity index (χ1n) is 10.5. The van der Waals surface area contributed by atoms with E-state index >= 15 is 0 Å². The molecule has 1 saturated heterocycles. The standard InChI is InChI=1S/C23H22N4O4/c1-30-17-8-6-16(7-9-17)23-13-25-10-2-3-18(25)21(28)26(23)11-12-27(23)22(29)19-20(15-4-5-15)31-14-24-19/h2-3,6-10,14-15H,4-5,11-13H2,1H3. The van der Waals surface area contributed by atoms with Crippen LogP contribution >= 0.6 is 0 Å². The molecular weight excluding hydrogens is 396 g/mol. The lowest BCUT2D eigenvalue weighted by Gasteiger charge is -2.47. The Kier molecular flexibility index (Phi) is 3.81. The maximum atomic E-state index is 13.8. The number of amides is 2. The zero-order valence-corrected chi connectivity index (χ0v) is 17.2. The molecule has 0 N–H and O–H groups in total. The topological polar surface area (TPSA) is 80.8 Å². The lowest BCUT2D eigenvalue weighted by atomic mass is 9.93. The molecule has 31 heavy (non-hydrogen) atoms. The molecule has 0 radical (unpaired) electrons. The van der Waals surface area contributed by atoms with Gasteiger partial charge in [-0.25, -0.2) is 4.98 Å². The highest BCUT2D eigenvalue weighted by atomic mass is 16.5. The van der Waals surface area contributed by atoms with Crippen molar-refractivity contribution in [3.05, 3.63) is 71.7 Å². The molecule has 1 unspecified atom stereocenters. The van der Waals surface area contributed by atoms with Crippen molar-refractivity contribution >= 4 is 11.8 Å². The van der Waals surface area contributed by atoms with Crippen LogP contribution in [-0.4, -0.2) is 51.4 Å². The van der Waals surface area contributed by atoms with Gasteiger partial charge in [0.1, 0.15) is 17.2 Å². The highest BCUT2D eigenvalue weighted by molar-refractivity contribution is 5.98. The predicted molar refractivity (Wildman–Crippen MR) is 110 cm³/mol. The normalized spacial score (nSPS) is 22.4. The van der Waals surface area contributed by atoms with E-state index in [4.69, 9.17) is 9.15 Å². The van der Waals surface area contributed by atoms with Gasteiger partial charge in [0.2, 0.25) is 0 Å². The fourth-order valence-electron chi connectivity index (χ4n) is 4.99. The molecule has 8 heteroatoms. The summed E-state index contributed by atoms with van der Waals surface area (Å²) in [5.41, 5.74) is 0.927. The fourth-order valence-corrected chi connectivity index (χ4v) is 4.99. The largest absolute Gasteiger partial charge is 0.497 e. The van der Waals surface area contributed by atoms with Gasteiger partial charge in [-0.3, -0.25) is 9.59 Å². The quantitative estimate of drug-likeness (QED) is 0.651. The summed E-state index contributed by atoms with van der Waals surface area (Å²) in [5, 5.41) is 0. The van der Waals surface area contributed by atoms with Crippen molar-refractivity contribution in [2.45, 2.75) is 31.0 Å². The number of hydrogen-bond donors (Lipinski definition) is 0.